The molecule has 0 aromatic rings. The molecule has 0 atom stereocenters. The molecule has 0 aromatic carbocycles. The second-order valence-electron chi connectivity index (χ2n) is 11.1. The molecule has 0 aliphatic heterocycles. The van der Waals surface area contributed by atoms with Gasteiger partial charge in [0.2, 0.25) is 0 Å². The first-order valence-electron chi connectivity index (χ1n) is 15.4. The molecule has 0 unspecified atom stereocenters. The van der Waals surface area contributed by atoms with E-state index in [2.05, 4.69) is 32.6 Å². The summed E-state index contributed by atoms with van der Waals surface area (Å²) in [6, 6.07) is 0. The number of unbranched alkanes of at least 4 members (excludes halogenated alkanes) is 19. The Morgan fingerprint density at radius 2 is 0.656 bits per heavy atom. The van der Waals surface area contributed by atoms with E-state index in [1.807, 2.05) is 0 Å². The first-order valence-corrected chi connectivity index (χ1v) is 15.4. The summed E-state index contributed by atoms with van der Waals surface area (Å²) in [7, 11) is 0. The summed E-state index contributed by atoms with van der Waals surface area (Å²) in [6.07, 6.45) is 33.2. The Kier molecular flexibility index (Phi) is 27.2. The van der Waals surface area contributed by atoms with Gasteiger partial charge in [0, 0.05) is 0 Å². The molecular weight excluding hydrogens is 386 g/mol. The molecule has 0 spiro atoms. The van der Waals surface area contributed by atoms with Gasteiger partial charge in [-0.2, -0.15) is 0 Å². The van der Waals surface area contributed by atoms with Crippen LogP contribution >= 0.6 is 0 Å². The van der Waals surface area contributed by atoms with E-state index in [1.54, 1.807) is 0 Å². The van der Waals surface area contributed by atoms with Gasteiger partial charge in [-0.3, -0.25) is 0 Å². The van der Waals surface area contributed by atoms with Crippen molar-refractivity contribution in [3.8, 4) is 0 Å². The fourth-order valence-corrected chi connectivity index (χ4v) is 4.87. The molecule has 0 radical (unpaired) electrons. The first-order chi connectivity index (χ1) is 15.7. The van der Waals surface area contributed by atoms with Crippen LogP contribution < -0.4 is 0 Å². The second kappa shape index (κ2) is 27.2. The van der Waals surface area contributed by atoms with Gasteiger partial charge in [-0.05, 0) is 44.8 Å². The number of rotatable bonds is 27. The Balaban J connectivity index is 3.71. The summed E-state index contributed by atoms with van der Waals surface area (Å²) >= 11 is 0. The van der Waals surface area contributed by atoms with Crippen LogP contribution in [0.4, 0.5) is 0 Å². The molecule has 0 fully saturated rings. The topological polar surface area (TPSA) is 3.24 Å². The average molecular weight is 452 g/mol. The highest BCUT2D eigenvalue weighted by Crippen LogP contribution is 2.14. The minimum absolute atomic E-state index is 0.891. The molecule has 1 nitrogen and oxygen atoms in total. The maximum Gasteiger partial charge on any atom is -0.00187 e. The van der Waals surface area contributed by atoms with E-state index in [1.165, 1.54) is 167 Å². The molecular formula is C31H65N. The van der Waals surface area contributed by atoms with Crippen LogP contribution in [0.15, 0.2) is 0 Å². The highest BCUT2D eigenvalue weighted by molar-refractivity contribution is 4.60. The summed E-state index contributed by atoms with van der Waals surface area (Å²) in [6.45, 7) is 13.4. The molecule has 0 saturated heterocycles. The SMILES string of the molecule is CCCCCCCCN(CCCCCCCC)CCCCCCCCCCCCC(C)C. The van der Waals surface area contributed by atoms with Gasteiger partial charge in [-0.15, -0.1) is 0 Å². The molecule has 0 amide bonds. The molecule has 194 valence electrons. The Hall–Kier alpha value is -0.0400. The van der Waals surface area contributed by atoms with Gasteiger partial charge in [0.15, 0.2) is 0 Å². The minimum Gasteiger partial charge on any atom is -0.303 e. The van der Waals surface area contributed by atoms with E-state index in [9.17, 15) is 0 Å². The predicted molar refractivity (Wildman–Crippen MR) is 149 cm³/mol. The molecule has 0 aliphatic carbocycles. The number of hydrogen-bond donors (Lipinski definition) is 0. The van der Waals surface area contributed by atoms with Gasteiger partial charge in [0.05, 0.1) is 0 Å². The summed E-state index contributed by atoms with van der Waals surface area (Å²) in [5.41, 5.74) is 0. The Morgan fingerprint density at radius 3 is 0.969 bits per heavy atom. The van der Waals surface area contributed by atoms with E-state index in [4.69, 9.17) is 0 Å². The smallest absolute Gasteiger partial charge is 0.00187 e. The van der Waals surface area contributed by atoms with Gasteiger partial charge in [-0.25, -0.2) is 0 Å². The lowest BCUT2D eigenvalue weighted by atomic mass is 10.0. The van der Waals surface area contributed by atoms with E-state index < -0.39 is 0 Å². The average Bonchev–Trinajstić information content (AvgIpc) is 2.78. The van der Waals surface area contributed by atoms with Crippen LogP contribution in [0.3, 0.4) is 0 Å². The van der Waals surface area contributed by atoms with Gasteiger partial charge in [0.1, 0.15) is 0 Å². The molecule has 1 heteroatoms. The highest BCUT2D eigenvalue weighted by Gasteiger charge is 2.05. The maximum atomic E-state index is 2.82. The van der Waals surface area contributed by atoms with Crippen molar-refractivity contribution >= 4 is 0 Å². The predicted octanol–water partition coefficient (Wildman–Crippen LogP) is 11.0. The molecule has 0 aliphatic rings. The molecule has 0 heterocycles. The van der Waals surface area contributed by atoms with E-state index >= 15 is 0 Å². The zero-order valence-electron chi connectivity index (χ0n) is 23.4. The molecule has 0 rings (SSSR count). The number of nitrogens with zero attached hydrogens (tertiary/aromatic N) is 1. The van der Waals surface area contributed by atoms with Crippen LogP contribution in [0.1, 0.15) is 175 Å². The fraction of sp³-hybridized carbons (Fsp3) is 1.00. The quantitative estimate of drug-likeness (QED) is 0.112. The first kappa shape index (κ1) is 32.0. The fourth-order valence-electron chi connectivity index (χ4n) is 4.87. The zero-order valence-corrected chi connectivity index (χ0v) is 23.4. The van der Waals surface area contributed by atoms with Crippen molar-refractivity contribution in [1.29, 1.82) is 0 Å². The van der Waals surface area contributed by atoms with Crippen LogP contribution in [0.2, 0.25) is 0 Å². The molecule has 0 bridgehead atoms. The summed E-state index contributed by atoms with van der Waals surface area (Å²) in [4.78, 5) is 2.82. The van der Waals surface area contributed by atoms with Crippen molar-refractivity contribution in [2.24, 2.45) is 5.92 Å². The van der Waals surface area contributed by atoms with Gasteiger partial charge in [0.25, 0.3) is 0 Å². The van der Waals surface area contributed by atoms with Crippen LogP contribution in [0, 0.1) is 5.92 Å². The van der Waals surface area contributed by atoms with Crippen LogP contribution in [-0.2, 0) is 0 Å². The summed E-state index contributed by atoms with van der Waals surface area (Å²) in [5.74, 6) is 0.891. The highest BCUT2D eigenvalue weighted by atomic mass is 15.1. The lowest BCUT2D eigenvalue weighted by Crippen LogP contribution is -2.27. The summed E-state index contributed by atoms with van der Waals surface area (Å²) < 4.78 is 0. The van der Waals surface area contributed by atoms with Crippen molar-refractivity contribution in [3.05, 3.63) is 0 Å². The Labute approximate surface area is 205 Å². The van der Waals surface area contributed by atoms with E-state index in [-0.39, 0.29) is 0 Å². The van der Waals surface area contributed by atoms with Gasteiger partial charge in [-0.1, -0.05) is 156 Å². The lowest BCUT2D eigenvalue weighted by molar-refractivity contribution is 0.254. The van der Waals surface area contributed by atoms with E-state index in [0.717, 1.165) is 5.92 Å². The van der Waals surface area contributed by atoms with Crippen molar-refractivity contribution in [3.63, 3.8) is 0 Å². The lowest BCUT2D eigenvalue weighted by Gasteiger charge is -2.22. The zero-order chi connectivity index (χ0) is 23.5. The molecule has 0 aromatic heterocycles. The third-order valence-corrected chi connectivity index (χ3v) is 7.16. The van der Waals surface area contributed by atoms with Crippen molar-refractivity contribution in [2.45, 2.75) is 175 Å². The largest absolute Gasteiger partial charge is 0.303 e. The minimum atomic E-state index is 0.891. The van der Waals surface area contributed by atoms with E-state index in [0.29, 0.717) is 0 Å². The normalized spacial score (nSPS) is 11.8. The van der Waals surface area contributed by atoms with Gasteiger partial charge >= 0.3 is 0 Å². The monoisotopic (exact) mass is 452 g/mol. The Bertz CT molecular complexity index is 308. The molecule has 0 saturated carbocycles. The Morgan fingerprint density at radius 1 is 0.375 bits per heavy atom. The molecule has 0 N–H and O–H groups in total. The third-order valence-electron chi connectivity index (χ3n) is 7.16. The molecule has 32 heavy (non-hydrogen) atoms. The standard InChI is InChI=1S/C31H65N/c1-5-7-9-11-20-24-28-32(29-25-21-12-10-8-6-2)30-26-22-18-16-14-13-15-17-19-23-27-31(3)4/h31H,5-30H2,1-4H3. The number of hydrogen-bond acceptors (Lipinski definition) is 1. The van der Waals surface area contributed by atoms with Crippen molar-refractivity contribution in [1.82, 2.24) is 4.90 Å². The van der Waals surface area contributed by atoms with Crippen molar-refractivity contribution in [2.75, 3.05) is 19.6 Å². The second-order valence-corrected chi connectivity index (χ2v) is 11.1. The third kappa shape index (κ3) is 26.2. The van der Waals surface area contributed by atoms with Crippen LogP contribution in [0.5, 0.6) is 0 Å². The van der Waals surface area contributed by atoms with Gasteiger partial charge < -0.3 is 4.90 Å². The summed E-state index contributed by atoms with van der Waals surface area (Å²) in [5, 5.41) is 0. The van der Waals surface area contributed by atoms with Crippen molar-refractivity contribution < 1.29 is 0 Å². The van der Waals surface area contributed by atoms with Crippen LogP contribution in [0.25, 0.3) is 0 Å². The maximum absolute atomic E-state index is 2.82. The van der Waals surface area contributed by atoms with Crippen LogP contribution in [-0.4, -0.2) is 24.5 Å².